The third-order valence-corrected chi connectivity index (χ3v) is 5.35. The van der Waals surface area contributed by atoms with Crippen molar-refractivity contribution in [3.8, 4) is 0 Å². The molecule has 0 spiro atoms. The first-order chi connectivity index (χ1) is 8.02. The van der Waals surface area contributed by atoms with E-state index in [0.29, 0.717) is 4.75 Å². The van der Waals surface area contributed by atoms with Gasteiger partial charge in [-0.05, 0) is 37.6 Å². The third kappa shape index (κ3) is 3.42. The van der Waals surface area contributed by atoms with Crippen LogP contribution in [0.1, 0.15) is 19.4 Å². The van der Waals surface area contributed by atoms with Gasteiger partial charge in [0, 0.05) is 39.1 Å². The number of rotatable bonds is 2. The molecule has 1 aliphatic rings. The Balaban J connectivity index is 2.27. The van der Waals surface area contributed by atoms with Crippen LogP contribution in [0.3, 0.4) is 0 Å². The maximum absolute atomic E-state index is 3.58. The lowest BCUT2D eigenvalue weighted by molar-refractivity contribution is 0.646. The van der Waals surface area contributed by atoms with Crippen molar-refractivity contribution in [3.05, 3.63) is 28.2 Å². The second kappa shape index (κ2) is 5.54. The zero-order valence-electron chi connectivity index (χ0n) is 10.2. The van der Waals surface area contributed by atoms with E-state index in [2.05, 4.69) is 80.6 Å². The summed E-state index contributed by atoms with van der Waals surface area (Å²) in [6.45, 7) is 6.93. The van der Waals surface area contributed by atoms with Crippen LogP contribution in [0.4, 0.5) is 5.69 Å². The van der Waals surface area contributed by atoms with Crippen molar-refractivity contribution in [1.82, 2.24) is 0 Å². The first-order valence-corrected chi connectivity index (χ1v) is 8.65. The third-order valence-electron chi connectivity index (χ3n) is 2.95. The molecule has 1 aromatic rings. The van der Waals surface area contributed by atoms with Crippen molar-refractivity contribution >= 4 is 49.3 Å². The van der Waals surface area contributed by atoms with Crippen molar-refractivity contribution in [2.75, 3.05) is 23.7 Å². The van der Waals surface area contributed by atoms with Crippen LogP contribution in [0, 0.1) is 0 Å². The maximum Gasteiger partial charge on any atom is 0.0408 e. The fraction of sp³-hybridized carbons (Fsp3) is 0.538. The molecule has 2 rings (SSSR count). The highest BCUT2D eigenvalue weighted by Crippen LogP contribution is 2.34. The van der Waals surface area contributed by atoms with Crippen LogP contribution in [0.5, 0.6) is 0 Å². The fourth-order valence-corrected chi connectivity index (χ4v) is 4.16. The molecule has 1 aliphatic heterocycles. The largest absolute Gasteiger partial charge is 0.369 e. The summed E-state index contributed by atoms with van der Waals surface area (Å²) in [5, 5.41) is 0.909. The highest BCUT2D eigenvalue weighted by atomic mass is 79.9. The smallest absolute Gasteiger partial charge is 0.0408 e. The molecule has 0 atom stereocenters. The van der Waals surface area contributed by atoms with E-state index in [4.69, 9.17) is 0 Å². The molecule has 0 radical (unpaired) electrons. The average molecular weight is 379 g/mol. The highest BCUT2D eigenvalue weighted by Gasteiger charge is 2.27. The molecule has 0 unspecified atom stereocenters. The van der Waals surface area contributed by atoms with Gasteiger partial charge in [0.25, 0.3) is 0 Å². The first-order valence-electron chi connectivity index (χ1n) is 5.75. The molecule has 0 saturated carbocycles. The Kier molecular flexibility index (Phi) is 4.48. The van der Waals surface area contributed by atoms with Gasteiger partial charge >= 0.3 is 0 Å². The van der Waals surface area contributed by atoms with E-state index in [1.165, 1.54) is 17.0 Å². The van der Waals surface area contributed by atoms with Crippen LogP contribution in [-0.2, 0) is 5.33 Å². The second-order valence-electron chi connectivity index (χ2n) is 4.94. The summed E-state index contributed by atoms with van der Waals surface area (Å²) in [5.74, 6) is 1.21. The molecule has 4 heteroatoms. The van der Waals surface area contributed by atoms with Crippen molar-refractivity contribution in [2.24, 2.45) is 0 Å². The van der Waals surface area contributed by atoms with Crippen molar-refractivity contribution in [3.63, 3.8) is 0 Å². The number of alkyl halides is 1. The molecule has 0 amide bonds. The Morgan fingerprint density at radius 1 is 1.41 bits per heavy atom. The zero-order valence-corrected chi connectivity index (χ0v) is 14.2. The standard InChI is InChI=1S/C13H17Br2NS/c1-13(2)9-16(5-6-17-13)12-4-3-11(15)7-10(12)8-14/h3-4,7H,5-6,8-9H2,1-2H3. The van der Waals surface area contributed by atoms with Crippen LogP contribution in [0.2, 0.25) is 0 Å². The minimum Gasteiger partial charge on any atom is -0.369 e. The summed E-state index contributed by atoms with van der Waals surface area (Å²) in [6, 6.07) is 6.57. The molecule has 1 saturated heterocycles. The Hall–Kier alpha value is 0.330. The monoisotopic (exact) mass is 377 g/mol. The van der Waals surface area contributed by atoms with E-state index < -0.39 is 0 Å². The molecule has 1 heterocycles. The number of anilines is 1. The second-order valence-corrected chi connectivity index (χ2v) is 8.21. The lowest BCUT2D eigenvalue weighted by Crippen LogP contribution is -2.43. The van der Waals surface area contributed by atoms with E-state index in [0.717, 1.165) is 22.9 Å². The van der Waals surface area contributed by atoms with Crippen molar-refractivity contribution in [2.45, 2.75) is 23.9 Å². The summed E-state index contributed by atoms with van der Waals surface area (Å²) >= 11 is 9.20. The van der Waals surface area contributed by atoms with E-state index in [9.17, 15) is 0 Å². The molecule has 1 fully saturated rings. The number of nitrogens with zero attached hydrogens (tertiary/aromatic N) is 1. The van der Waals surface area contributed by atoms with Gasteiger partial charge in [-0.25, -0.2) is 0 Å². The van der Waals surface area contributed by atoms with Gasteiger partial charge in [0.05, 0.1) is 0 Å². The van der Waals surface area contributed by atoms with Gasteiger partial charge in [-0.15, -0.1) is 0 Å². The van der Waals surface area contributed by atoms with Gasteiger partial charge in [0.1, 0.15) is 0 Å². The fourth-order valence-electron chi connectivity index (χ4n) is 2.19. The summed E-state index contributed by atoms with van der Waals surface area (Å²) in [5.41, 5.74) is 2.74. The van der Waals surface area contributed by atoms with E-state index in [1.807, 2.05) is 0 Å². The minimum absolute atomic E-state index is 0.356. The van der Waals surface area contributed by atoms with Gasteiger partial charge in [-0.2, -0.15) is 11.8 Å². The summed E-state index contributed by atoms with van der Waals surface area (Å²) in [7, 11) is 0. The van der Waals surface area contributed by atoms with Gasteiger partial charge in [-0.3, -0.25) is 0 Å². The number of hydrogen-bond donors (Lipinski definition) is 0. The molecular formula is C13H17Br2NS. The van der Waals surface area contributed by atoms with Gasteiger partial charge in [0.2, 0.25) is 0 Å². The van der Waals surface area contributed by atoms with Gasteiger partial charge in [0.15, 0.2) is 0 Å². The molecule has 17 heavy (non-hydrogen) atoms. The van der Waals surface area contributed by atoms with Gasteiger partial charge < -0.3 is 4.90 Å². The maximum atomic E-state index is 3.58. The molecule has 94 valence electrons. The van der Waals surface area contributed by atoms with Crippen LogP contribution in [0.25, 0.3) is 0 Å². The summed E-state index contributed by atoms with van der Waals surface area (Å²) in [4.78, 5) is 2.51. The predicted octanol–water partition coefficient (Wildman–Crippen LogP) is 4.68. The van der Waals surface area contributed by atoms with Crippen LogP contribution < -0.4 is 4.90 Å². The SMILES string of the molecule is CC1(C)CN(c2ccc(Br)cc2CBr)CCS1. The van der Waals surface area contributed by atoms with E-state index in [-0.39, 0.29) is 0 Å². The van der Waals surface area contributed by atoms with Crippen molar-refractivity contribution in [1.29, 1.82) is 0 Å². The quantitative estimate of drug-likeness (QED) is 0.687. The number of hydrogen-bond acceptors (Lipinski definition) is 2. The first kappa shape index (κ1) is 13.8. The lowest BCUT2D eigenvalue weighted by atomic mass is 10.1. The molecule has 1 nitrogen and oxygen atoms in total. The molecule has 0 N–H and O–H groups in total. The van der Waals surface area contributed by atoms with Gasteiger partial charge in [-0.1, -0.05) is 31.9 Å². The minimum atomic E-state index is 0.356. The number of halogens is 2. The summed E-state index contributed by atoms with van der Waals surface area (Å²) < 4.78 is 1.51. The molecule has 0 aliphatic carbocycles. The molecule has 0 bridgehead atoms. The molecule has 0 aromatic heterocycles. The number of benzene rings is 1. The van der Waals surface area contributed by atoms with Crippen molar-refractivity contribution < 1.29 is 0 Å². The molecular weight excluding hydrogens is 362 g/mol. The summed E-state index contributed by atoms with van der Waals surface area (Å²) in [6.07, 6.45) is 0. The highest BCUT2D eigenvalue weighted by molar-refractivity contribution is 9.10. The Morgan fingerprint density at radius 3 is 2.82 bits per heavy atom. The number of thioether (sulfide) groups is 1. The van der Waals surface area contributed by atoms with Crippen LogP contribution in [-0.4, -0.2) is 23.6 Å². The normalized spacial score (nSPS) is 19.4. The zero-order chi connectivity index (χ0) is 12.5. The lowest BCUT2D eigenvalue weighted by Gasteiger charge is -2.39. The molecule has 1 aromatic carbocycles. The average Bonchev–Trinajstić information content (AvgIpc) is 2.27. The topological polar surface area (TPSA) is 3.24 Å². The van der Waals surface area contributed by atoms with E-state index in [1.54, 1.807) is 0 Å². The predicted molar refractivity (Wildman–Crippen MR) is 85.5 cm³/mol. The van der Waals surface area contributed by atoms with E-state index >= 15 is 0 Å². The van der Waals surface area contributed by atoms with Crippen LogP contribution >= 0.6 is 43.6 Å². The Morgan fingerprint density at radius 2 is 2.18 bits per heavy atom. The Bertz CT molecular complexity index is 406. The van der Waals surface area contributed by atoms with Crippen LogP contribution in [0.15, 0.2) is 22.7 Å². The Labute approximate surface area is 125 Å².